The highest BCUT2D eigenvalue weighted by molar-refractivity contribution is 6.00. The van der Waals surface area contributed by atoms with Crippen molar-refractivity contribution in [3.8, 4) is 0 Å². The molecule has 4 N–H and O–H groups in total. The molecule has 0 radical (unpaired) electrons. The number of nitrogens with one attached hydrogen (secondary N) is 2. The first-order chi connectivity index (χ1) is 9.79. The minimum atomic E-state index is 0.144. The molecule has 3 aromatic rings. The van der Waals surface area contributed by atoms with Crippen molar-refractivity contribution in [2.75, 3.05) is 11.1 Å². The molecule has 5 nitrogen and oxygen atoms in total. The molecule has 0 saturated carbocycles. The maximum absolute atomic E-state index is 6.00. The van der Waals surface area contributed by atoms with Gasteiger partial charge in [-0.05, 0) is 24.6 Å². The Bertz CT molecular complexity index is 705. The average Bonchev–Trinajstić information content (AvgIpc) is 3.01. The first-order valence-electron chi connectivity index (χ1n) is 6.67. The zero-order valence-electron chi connectivity index (χ0n) is 11.3. The molecule has 3 rings (SSSR count). The minimum Gasteiger partial charge on any atom is -0.398 e. The van der Waals surface area contributed by atoms with Gasteiger partial charge in [0.1, 0.15) is 5.82 Å². The Kier molecular flexibility index (Phi) is 3.25. The summed E-state index contributed by atoms with van der Waals surface area (Å²) in [5.74, 6) is 0.937. The maximum Gasteiger partial charge on any atom is 0.128 e. The number of aromatic nitrogens is 3. The van der Waals surface area contributed by atoms with Crippen LogP contribution in [-0.2, 0) is 0 Å². The summed E-state index contributed by atoms with van der Waals surface area (Å²) in [6.45, 7) is 2.13. The first kappa shape index (κ1) is 12.5. The van der Waals surface area contributed by atoms with Gasteiger partial charge in [0.05, 0.1) is 6.04 Å². The van der Waals surface area contributed by atoms with Crippen LogP contribution in [-0.4, -0.2) is 15.0 Å². The molecule has 2 aromatic heterocycles. The summed E-state index contributed by atoms with van der Waals surface area (Å²) in [5.41, 5.74) is 7.78. The molecule has 0 bridgehead atoms. The molecular weight excluding hydrogens is 250 g/mol. The van der Waals surface area contributed by atoms with E-state index in [1.165, 1.54) is 0 Å². The number of aromatic amines is 1. The average molecular weight is 267 g/mol. The van der Waals surface area contributed by atoms with Crippen molar-refractivity contribution >= 4 is 22.1 Å². The van der Waals surface area contributed by atoms with Crippen molar-refractivity contribution in [2.45, 2.75) is 19.4 Å². The number of hydrogen-bond acceptors (Lipinski definition) is 4. The number of fused-ring (bicyclic) bond motifs is 1. The number of H-pyrrole nitrogens is 1. The van der Waals surface area contributed by atoms with E-state index >= 15 is 0 Å². The van der Waals surface area contributed by atoms with Crippen LogP contribution < -0.4 is 11.1 Å². The molecule has 2 heterocycles. The number of nitrogens with two attached hydrogens (primary N) is 1. The molecule has 0 fully saturated rings. The summed E-state index contributed by atoms with van der Waals surface area (Å²) in [6, 6.07) is 6.03. The van der Waals surface area contributed by atoms with Crippen LogP contribution in [0, 0.1) is 0 Å². The van der Waals surface area contributed by atoms with Gasteiger partial charge in [0, 0.05) is 46.9 Å². The number of anilines is 2. The molecule has 1 atom stereocenters. The highest BCUT2D eigenvalue weighted by Crippen LogP contribution is 2.30. The Morgan fingerprint density at radius 3 is 2.90 bits per heavy atom. The van der Waals surface area contributed by atoms with Crippen LogP contribution in [0.25, 0.3) is 10.8 Å². The fourth-order valence-electron chi connectivity index (χ4n) is 2.36. The third-order valence-corrected chi connectivity index (χ3v) is 3.44. The lowest BCUT2D eigenvalue weighted by molar-refractivity contribution is 0.705. The smallest absolute Gasteiger partial charge is 0.128 e. The lowest BCUT2D eigenvalue weighted by Gasteiger charge is -2.18. The van der Waals surface area contributed by atoms with Crippen molar-refractivity contribution < 1.29 is 0 Å². The Hall–Kier alpha value is -2.56. The van der Waals surface area contributed by atoms with E-state index in [0.717, 1.165) is 34.4 Å². The molecule has 0 spiro atoms. The van der Waals surface area contributed by atoms with Crippen molar-refractivity contribution in [1.82, 2.24) is 15.0 Å². The number of benzene rings is 1. The van der Waals surface area contributed by atoms with Gasteiger partial charge < -0.3 is 16.0 Å². The summed E-state index contributed by atoms with van der Waals surface area (Å²) in [5, 5.41) is 5.56. The quantitative estimate of drug-likeness (QED) is 0.634. The van der Waals surface area contributed by atoms with E-state index in [1.807, 2.05) is 24.4 Å². The number of nitrogen functional groups attached to an aromatic ring is 1. The van der Waals surface area contributed by atoms with Crippen molar-refractivity contribution in [3.05, 3.63) is 48.8 Å². The van der Waals surface area contributed by atoms with Gasteiger partial charge >= 0.3 is 0 Å². The van der Waals surface area contributed by atoms with Crippen molar-refractivity contribution in [3.63, 3.8) is 0 Å². The molecule has 0 aliphatic heterocycles. The standard InChI is InChI=1S/C15H17N5/c1-2-13(15-18-7-8-19-15)20-14-4-3-12(16)11-9-17-6-5-10(11)14/h3-9,13,20H,2,16H2,1H3,(H,18,19). The van der Waals surface area contributed by atoms with Gasteiger partial charge in [-0.15, -0.1) is 0 Å². The van der Waals surface area contributed by atoms with Crippen LogP contribution in [0.3, 0.4) is 0 Å². The number of imidazole rings is 1. The molecule has 102 valence electrons. The molecule has 1 unspecified atom stereocenters. The van der Waals surface area contributed by atoms with Gasteiger partial charge in [0.2, 0.25) is 0 Å². The number of hydrogen-bond donors (Lipinski definition) is 3. The lowest BCUT2D eigenvalue weighted by Crippen LogP contribution is -2.11. The number of nitrogens with zero attached hydrogens (tertiary/aromatic N) is 2. The van der Waals surface area contributed by atoms with Gasteiger partial charge in [0.25, 0.3) is 0 Å². The van der Waals surface area contributed by atoms with E-state index in [4.69, 9.17) is 5.73 Å². The maximum atomic E-state index is 6.00. The Morgan fingerprint density at radius 2 is 2.15 bits per heavy atom. The van der Waals surface area contributed by atoms with Crippen LogP contribution in [0.15, 0.2) is 43.0 Å². The van der Waals surface area contributed by atoms with Crippen LogP contribution in [0.5, 0.6) is 0 Å². The molecule has 0 aliphatic rings. The third kappa shape index (κ3) is 2.18. The second kappa shape index (κ2) is 5.21. The van der Waals surface area contributed by atoms with E-state index in [0.29, 0.717) is 0 Å². The van der Waals surface area contributed by atoms with Gasteiger partial charge in [-0.2, -0.15) is 0 Å². The summed E-state index contributed by atoms with van der Waals surface area (Å²) >= 11 is 0. The van der Waals surface area contributed by atoms with Crippen molar-refractivity contribution in [1.29, 1.82) is 0 Å². The van der Waals surface area contributed by atoms with Gasteiger partial charge in [-0.25, -0.2) is 4.98 Å². The fourth-order valence-corrected chi connectivity index (χ4v) is 2.36. The Labute approximate surface area is 117 Å². The number of rotatable bonds is 4. The molecule has 0 saturated heterocycles. The van der Waals surface area contributed by atoms with E-state index in [9.17, 15) is 0 Å². The second-order valence-electron chi connectivity index (χ2n) is 4.70. The van der Waals surface area contributed by atoms with Crippen molar-refractivity contribution in [2.24, 2.45) is 0 Å². The predicted octanol–water partition coefficient (Wildman–Crippen LogP) is 3.10. The SMILES string of the molecule is CCC(Nc1ccc(N)c2cnccc12)c1ncc[nH]1. The van der Waals surface area contributed by atoms with Crippen LogP contribution in [0.4, 0.5) is 11.4 Å². The summed E-state index contributed by atoms with van der Waals surface area (Å²) in [6.07, 6.45) is 8.12. The highest BCUT2D eigenvalue weighted by Gasteiger charge is 2.13. The molecular formula is C15H17N5. The topological polar surface area (TPSA) is 79.6 Å². The summed E-state index contributed by atoms with van der Waals surface area (Å²) in [4.78, 5) is 11.6. The Morgan fingerprint density at radius 1 is 1.25 bits per heavy atom. The third-order valence-electron chi connectivity index (χ3n) is 3.44. The predicted molar refractivity (Wildman–Crippen MR) is 81.4 cm³/mol. The normalized spacial score (nSPS) is 12.4. The fraction of sp³-hybridized carbons (Fsp3) is 0.200. The van der Waals surface area contributed by atoms with E-state index in [1.54, 1.807) is 18.6 Å². The second-order valence-corrected chi connectivity index (χ2v) is 4.70. The molecule has 5 heteroatoms. The zero-order chi connectivity index (χ0) is 13.9. The highest BCUT2D eigenvalue weighted by atomic mass is 15.0. The van der Waals surface area contributed by atoms with Gasteiger partial charge in [-0.1, -0.05) is 6.92 Å². The van der Waals surface area contributed by atoms with Crippen LogP contribution >= 0.6 is 0 Å². The Balaban J connectivity index is 2.00. The summed E-state index contributed by atoms with van der Waals surface area (Å²) in [7, 11) is 0. The monoisotopic (exact) mass is 267 g/mol. The molecule has 1 aromatic carbocycles. The minimum absolute atomic E-state index is 0.144. The summed E-state index contributed by atoms with van der Waals surface area (Å²) < 4.78 is 0. The molecule has 0 amide bonds. The number of pyridine rings is 1. The van der Waals surface area contributed by atoms with Gasteiger partial charge in [0.15, 0.2) is 0 Å². The largest absolute Gasteiger partial charge is 0.398 e. The molecule has 20 heavy (non-hydrogen) atoms. The van der Waals surface area contributed by atoms with E-state index in [-0.39, 0.29) is 6.04 Å². The first-order valence-corrected chi connectivity index (χ1v) is 6.67. The van der Waals surface area contributed by atoms with Crippen LogP contribution in [0.1, 0.15) is 25.2 Å². The van der Waals surface area contributed by atoms with E-state index < -0.39 is 0 Å². The zero-order valence-corrected chi connectivity index (χ0v) is 11.3. The molecule has 0 aliphatic carbocycles. The van der Waals surface area contributed by atoms with Gasteiger partial charge in [-0.3, -0.25) is 4.98 Å². The lowest BCUT2D eigenvalue weighted by atomic mass is 10.1. The van der Waals surface area contributed by atoms with E-state index in [2.05, 4.69) is 27.2 Å². The van der Waals surface area contributed by atoms with Crippen LogP contribution in [0.2, 0.25) is 0 Å².